The van der Waals surface area contributed by atoms with Crippen molar-refractivity contribution in [3.05, 3.63) is 41.3 Å². The van der Waals surface area contributed by atoms with Crippen molar-refractivity contribution in [3.8, 4) is 0 Å². The van der Waals surface area contributed by atoms with E-state index in [1.165, 1.54) is 11.3 Å². The van der Waals surface area contributed by atoms with E-state index in [1.54, 1.807) is 0 Å². The lowest BCUT2D eigenvalue weighted by atomic mass is 9.96. The quantitative estimate of drug-likeness (QED) is 0.817. The second kappa shape index (κ2) is 5.22. The van der Waals surface area contributed by atoms with Crippen molar-refractivity contribution in [1.82, 2.24) is 4.90 Å². The molecular weight excluding hydrogens is 252 g/mol. The molecule has 2 aliphatic rings. The summed E-state index contributed by atoms with van der Waals surface area (Å²) < 4.78 is 0.239. The fraction of sp³-hybridized carbons (Fsp3) is 0.500. The van der Waals surface area contributed by atoms with E-state index in [0.29, 0.717) is 0 Å². The van der Waals surface area contributed by atoms with Gasteiger partial charge in [-0.15, -0.1) is 11.8 Å². The summed E-state index contributed by atoms with van der Waals surface area (Å²) in [5.41, 5.74) is 2.85. The molecule has 0 bridgehead atoms. The van der Waals surface area contributed by atoms with Crippen LogP contribution in [0.15, 0.2) is 35.7 Å². The molecule has 0 aromatic heterocycles. The Morgan fingerprint density at radius 1 is 1.16 bits per heavy atom. The molecule has 2 heterocycles. The van der Waals surface area contributed by atoms with Gasteiger partial charge in [0.25, 0.3) is 0 Å². The number of hydrogen-bond acceptors (Lipinski definition) is 3. The average Bonchev–Trinajstić information content (AvgIpc) is 2.88. The topological polar surface area (TPSA) is 6.48 Å². The van der Waals surface area contributed by atoms with Gasteiger partial charge in [-0.1, -0.05) is 18.2 Å². The van der Waals surface area contributed by atoms with E-state index in [-0.39, 0.29) is 4.75 Å². The second-order valence-electron chi connectivity index (χ2n) is 5.77. The Bertz CT molecular complexity index is 467. The van der Waals surface area contributed by atoms with Crippen LogP contribution in [0.25, 0.3) is 0 Å². The number of nitrogens with zero attached hydrogens (tertiary/aromatic N) is 2. The minimum atomic E-state index is 0.239. The molecule has 3 rings (SSSR count). The van der Waals surface area contributed by atoms with Gasteiger partial charge in [-0.3, -0.25) is 0 Å². The van der Waals surface area contributed by atoms with Crippen molar-refractivity contribution >= 4 is 17.4 Å². The average molecular weight is 274 g/mol. The molecule has 2 aliphatic heterocycles. The molecule has 1 unspecified atom stereocenters. The number of benzene rings is 1. The van der Waals surface area contributed by atoms with Crippen LogP contribution in [-0.2, 0) is 4.75 Å². The zero-order valence-electron chi connectivity index (χ0n) is 11.8. The van der Waals surface area contributed by atoms with Gasteiger partial charge in [-0.25, -0.2) is 0 Å². The molecule has 0 radical (unpaired) electrons. The van der Waals surface area contributed by atoms with Crippen molar-refractivity contribution in [2.24, 2.45) is 0 Å². The lowest BCUT2D eigenvalue weighted by molar-refractivity contribution is 0.313. The van der Waals surface area contributed by atoms with Gasteiger partial charge in [-0.05, 0) is 43.5 Å². The molecule has 0 saturated carbocycles. The summed E-state index contributed by atoms with van der Waals surface area (Å²) in [6.07, 6.45) is 3.43. The van der Waals surface area contributed by atoms with E-state index >= 15 is 0 Å². The van der Waals surface area contributed by atoms with Crippen LogP contribution in [-0.4, -0.2) is 38.1 Å². The van der Waals surface area contributed by atoms with E-state index in [9.17, 15) is 0 Å². The maximum Gasteiger partial charge on any atom is 0.0456 e. The summed E-state index contributed by atoms with van der Waals surface area (Å²) in [6, 6.07) is 9.14. The third kappa shape index (κ3) is 2.67. The summed E-state index contributed by atoms with van der Waals surface area (Å²) in [7, 11) is 2.20. The molecule has 1 atom stereocenters. The number of rotatable bonds is 2. The van der Waals surface area contributed by atoms with Crippen molar-refractivity contribution in [2.75, 3.05) is 38.1 Å². The zero-order valence-corrected chi connectivity index (χ0v) is 12.6. The van der Waals surface area contributed by atoms with Gasteiger partial charge >= 0.3 is 0 Å². The molecule has 1 fully saturated rings. The molecule has 0 N–H and O–H groups in total. The number of allylic oxidation sites excluding steroid dienone is 1. The van der Waals surface area contributed by atoms with E-state index in [0.717, 1.165) is 32.6 Å². The highest BCUT2D eigenvalue weighted by molar-refractivity contribution is 8.03. The first-order chi connectivity index (χ1) is 9.17. The predicted octanol–water partition coefficient (Wildman–Crippen LogP) is 3.30. The Kier molecular flexibility index (Phi) is 3.59. The van der Waals surface area contributed by atoms with Crippen molar-refractivity contribution in [2.45, 2.75) is 18.1 Å². The minimum absolute atomic E-state index is 0.239. The predicted molar refractivity (Wildman–Crippen MR) is 84.9 cm³/mol. The maximum atomic E-state index is 2.51. The molecule has 1 aromatic carbocycles. The standard InChI is InChI=1S/C16H22N2S/c1-16(7-4-12-19-16)14-5-3-6-15(13-14)18-10-8-17(2)9-11-18/h3-6,12-13H,7-11H2,1-2H3. The Morgan fingerprint density at radius 2 is 1.95 bits per heavy atom. The van der Waals surface area contributed by atoms with Crippen LogP contribution >= 0.6 is 11.8 Å². The smallest absolute Gasteiger partial charge is 0.0456 e. The fourth-order valence-electron chi connectivity index (χ4n) is 2.80. The largest absolute Gasteiger partial charge is 0.369 e. The zero-order chi connectivity index (χ0) is 13.3. The van der Waals surface area contributed by atoms with E-state index in [2.05, 4.69) is 59.5 Å². The Balaban J connectivity index is 1.80. The van der Waals surface area contributed by atoms with Crippen LogP contribution < -0.4 is 4.90 Å². The van der Waals surface area contributed by atoms with Crippen LogP contribution in [0.3, 0.4) is 0 Å². The minimum Gasteiger partial charge on any atom is -0.369 e. The van der Waals surface area contributed by atoms with Crippen LogP contribution in [0.1, 0.15) is 18.9 Å². The molecule has 102 valence electrons. The molecule has 1 aromatic rings. The van der Waals surface area contributed by atoms with Gasteiger partial charge in [0, 0.05) is 36.6 Å². The highest BCUT2D eigenvalue weighted by Gasteiger charge is 2.29. The summed E-state index contributed by atoms with van der Waals surface area (Å²) in [4.78, 5) is 4.91. The molecule has 2 nitrogen and oxygen atoms in total. The summed E-state index contributed by atoms with van der Waals surface area (Å²) in [5.74, 6) is 0. The summed E-state index contributed by atoms with van der Waals surface area (Å²) in [5, 5.41) is 2.24. The first-order valence-electron chi connectivity index (χ1n) is 7.04. The van der Waals surface area contributed by atoms with E-state index in [4.69, 9.17) is 0 Å². The molecule has 0 amide bonds. The lowest BCUT2D eigenvalue weighted by Crippen LogP contribution is -2.44. The third-order valence-corrected chi connectivity index (χ3v) is 5.51. The first-order valence-corrected chi connectivity index (χ1v) is 7.92. The highest BCUT2D eigenvalue weighted by Crippen LogP contribution is 2.45. The Morgan fingerprint density at radius 3 is 2.63 bits per heavy atom. The Labute approximate surface area is 120 Å². The third-order valence-electron chi connectivity index (χ3n) is 4.26. The molecule has 19 heavy (non-hydrogen) atoms. The van der Waals surface area contributed by atoms with Crippen LogP contribution in [0, 0.1) is 0 Å². The second-order valence-corrected chi connectivity index (χ2v) is 7.17. The van der Waals surface area contributed by atoms with Crippen LogP contribution in [0.4, 0.5) is 5.69 Å². The normalized spacial score (nSPS) is 28.0. The van der Waals surface area contributed by atoms with Gasteiger partial charge in [0.2, 0.25) is 0 Å². The molecule has 0 aliphatic carbocycles. The van der Waals surface area contributed by atoms with Crippen LogP contribution in [0.5, 0.6) is 0 Å². The maximum absolute atomic E-state index is 2.51. The number of likely N-dealkylation sites (N-methyl/N-ethyl adjacent to an activating group) is 1. The van der Waals surface area contributed by atoms with Gasteiger partial charge < -0.3 is 9.80 Å². The van der Waals surface area contributed by atoms with Gasteiger partial charge in [0.1, 0.15) is 0 Å². The van der Waals surface area contributed by atoms with Crippen molar-refractivity contribution in [3.63, 3.8) is 0 Å². The molecule has 3 heteroatoms. The molecular formula is C16H22N2S. The number of anilines is 1. The van der Waals surface area contributed by atoms with Crippen molar-refractivity contribution in [1.29, 1.82) is 0 Å². The summed E-state index contributed by atoms with van der Waals surface area (Å²) >= 11 is 1.95. The highest BCUT2D eigenvalue weighted by atomic mass is 32.2. The van der Waals surface area contributed by atoms with Gasteiger partial charge in [0.05, 0.1) is 0 Å². The molecule has 1 saturated heterocycles. The number of hydrogen-bond donors (Lipinski definition) is 0. The molecule has 0 spiro atoms. The summed E-state index contributed by atoms with van der Waals surface area (Å²) in [6.45, 7) is 6.96. The number of thioether (sulfide) groups is 1. The van der Waals surface area contributed by atoms with E-state index < -0.39 is 0 Å². The first kappa shape index (κ1) is 13.1. The van der Waals surface area contributed by atoms with Crippen molar-refractivity contribution < 1.29 is 0 Å². The van der Waals surface area contributed by atoms with Gasteiger partial charge in [0.15, 0.2) is 0 Å². The lowest BCUT2D eigenvalue weighted by Gasteiger charge is -2.35. The van der Waals surface area contributed by atoms with E-state index in [1.807, 2.05) is 11.8 Å². The monoisotopic (exact) mass is 274 g/mol. The van der Waals surface area contributed by atoms with Crippen LogP contribution in [0.2, 0.25) is 0 Å². The number of piperazine rings is 1. The Hall–Kier alpha value is -0.930. The fourth-order valence-corrected chi connectivity index (χ4v) is 3.75. The SMILES string of the molecule is CN1CCN(c2cccc(C3(C)CC=CS3)c2)CC1. The van der Waals surface area contributed by atoms with Gasteiger partial charge in [-0.2, -0.15) is 0 Å².